The van der Waals surface area contributed by atoms with Crippen LogP contribution in [0.25, 0.3) is 0 Å². The van der Waals surface area contributed by atoms with Crippen LogP contribution in [-0.4, -0.2) is 32.3 Å². The van der Waals surface area contributed by atoms with E-state index in [1.54, 1.807) is 24.3 Å². The van der Waals surface area contributed by atoms with E-state index in [9.17, 15) is 9.59 Å². The van der Waals surface area contributed by atoms with Gasteiger partial charge in [0.15, 0.2) is 11.0 Å². The fourth-order valence-corrected chi connectivity index (χ4v) is 4.65. The maximum absolute atomic E-state index is 12.9. The predicted molar refractivity (Wildman–Crippen MR) is 140 cm³/mol. The minimum absolute atomic E-state index is 0.0581. The van der Waals surface area contributed by atoms with Crippen LogP contribution in [0, 0.1) is 12.8 Å². The lowest BCUT2D eigenvalue weighted by atomic mass is 10.0. The molecule has 0 aliphatic rings. The third-order valence-corrected chi connectivity index (χ3v) is 7.37. The Hall–Kier alpha value is -2.36. The van der Waals surface area contributed by atoms with E-state index in [2.05, 4.69) is 36.8 Å². The van der Waals surface area contributed by atoms with Crippen molar-refractivity contribution in [2.45, 2.75) is 45.4 Å². The molecule has 180 valence electrons. The molecular formula is C24H27BrClN5O2S. The van der Waals surface area contributed by atoms with Crippen LogP contribution in [0.2, 0.25) is 5.02 Å². The van der Waals surface area contributed by atoms with Crippen LogP contribution in [0.3, 0.4) is 0 Å². The van der Waals surface area contributed by atoms with Gasteiger partial charge in [0.2, 0.25) is 5.91 Å². The van der Waals surface area contributed by atoms with Crippen LogP contribution in [0.5, 0.6) is 0 Å². The molecule has 3 aromatic rings. The Bertz CT molecular complexity index is 1180. The number of carbonyl (C=O) groups excluding carboxylic acids is 2. The van der Waals surface area contributed by atoms with Crippen LogP contribution < -0.4 is 10.6 Å². The summed E-state index contributed by atoms with van der Waals surface area (Å²) in [6.45, 7) is 8.56. The Morgan fingerprint density at radius 1 is 1.18 bits per heavy atom. The average Bonchev–Trinajstić information content (AvgIpc) is 3.21. The zero-order valence-electron chi connectivity index (χ0n) is 19.4. The molecule has 0 bridgehead atoms. The van der Waals surface area contributed by atoms with Gasteiger partial charge in [-0.25, -0.2) is 0 Å². The van der Waals surface area contributed by atoms with E-state index in [0.717, 1.165) is 15.7 Å². The Balaban J connectivity index is 1.72. The molecule has 3 rings (SSSR count). The van der Waals surface area contributed by atoms with Crippen molar-refractivity contribution in [3.8, 4) is 0 Å². The number of halogens is 2. The minimum atomic E-state index is -0.370. The molecule has 2 amide bonds. The molecule has 2 N–H and O–H groups in total. The van der Waals surface area contributed by atoms with E-state index in [1.807, 2.05) is 50.5 Å². The lowest BCUT2D eigenvalue weighted by molar-refractivity contribution is -0.113. The number of aryl methyl sites for hydroxylation is 1. The molecule has 1 atom stereocenters. The molecule has 7 nitrogen and oxygen atoms in total. The molecule has 0 radical (unpaired) electrons. The topological polar surface area (TPSA) is 88.9 Å². The van der Waals surface area contributed by atoms with Gasteiger partial charge >= 0.3 is 0 Å². The van der Waals surface area contributed by atoms with Gasteiger partial charge in [0.05, 0.1) is 22.4 Å². The first-order chi connectivity index (χ1) is 16.2. The van der Waals surface area contributed by atoms with Crippen molar-refractivity contribution in [1.29, 1.82) is 0 Å². The summed E-state index contributed by atoms with van der Waals surface area (Å²) >= 11 is 11.0. The highest BCUT2D eigenvalue weighted by Crippen LogP contribution is 2.27. The van der Waals surface area contributed by atoms with E-state index in [1.165, 1.54) is 11.8 Å². The molecule has 0 spiro atoms. The van der Waals surface area contributed by atoms with Gasteiger partial charge in [0.1, 0.15) is 0 Å². The van der Waals surface area contributed by atoms with Crippen LogP contribution in [-0.2, 0) is 11.3 Å². The first kappa shape index (κ1) is 26.2. The summed E-state index contributed by atoms with van der Waals surface area (Å²) in [4.78, 5) is 25.4. The summed E-state index contributed by atoms with van der Waals surface area (Å²) in [7, 11) is 0. The average molecular weight is 565 g/mol. The summed E-state index contributed by atoms with van der Waals surface area (Å²) < 4.78 is 2.92. The zero-order chi connectivity index (χ0) is 24.8. The Morgan fingerprint density at radius 2 is 1.91 bits per heavy atom. The van der Waals surface area contributed by atoms with Crippen molar-refractivity contribution < 1.29 is 9.59 Å². The molecule has 34 heavy (non-hydrogen) atoms. The molecule has 1 heterocycles. The number of hydrogen-bond donors (Lipinski definition) is 2. The van der Waals surface area contributed by atoms with Crippen molar-refractivity contribution in [3.63, 3.8) is 0 Å². The van der Waals surface area contributed by atoms with Gasteiger partial charge in [-0.3, -0.25) is 9.59 Å². The van der Waals surface area contributed by atoms with Crippen molar-refractivity contribution in [2.24, 2.45) is 5.92 Å². The summed E-state index contributed by atoms with van der Waals surface area (Å²) in [5, 5.41) is 15.6. The number of benzene rings is 2. The predicted octanol–water partition coefficient (Wildman–Crippen LogP) is 5.88. The second-order valence-corrected chi connectivity index (χ2v) is 10.3. The van der Waals surface area contributed by atoms with Gasteiger partial charge in [-0.15, -0.1) is 10.2 Å². The normalized spacial score (nSPS) is 12.0. The highest BCUT2D eigenvalue weighted by molar-refractivity contribution is 9.10. The van der Waals surface area contributed by atoms with Crippen LogP contribution >= 0.6 is 39.3 Å². The van der Waals surface area contributed by atoms with Gasteiger partial charge in [0.25, 0.3) is 5.91 Å². The summed E-state index contributed by atoms with van der Waals surface area (Å²) in [6.07, 6.45) is 0. The van der Waals surface area contributed by atoms with Gasteiger partial charge in [-0.2, -0.15) is 0 Å². The van der Waals surface area contributed by atoms with E-state index in [-0.39, 0.29) is 29.5 Å². The molecular weight excluding hydrogens is 538 g/mol. The van der Waals surface area contributed by atoms with Crippen LogP contribution in [0.1, 0.15) is 48.6 Å². The summed E-state index contributed by atoms with van der Waals surface area (Å²) in [5.74, 6) is 0.484. The largest absolute Gasteiger partial charge is 0.342 e. The smallest absolute Gasteiger partial charge is 0.253 e. The van der Waals surface area contributed by atoms with E-state index < -0.39 is 0 Å². The maximum atomic E-state index is 12.9. The second kappa shape index (κ2) is 11.9. The van der Waals surface area contributed by atoms with Crippen LogP contribution in [0.4, 0.5) is 5.69 Å². The van der Waals surface area contributed by atoms with Crippen molar-refractivity contribution in [2.75, 3.05) is 11.1 Å². The van der Waals surface area contributed by atoms with Crippen LogP contribution in [0.15, 0.2) is 52.1 Å². The van der Waals surface area contributed by atoms with Crippen molar-refractivity contribution in [1.82, 2.24) is 20.1 Å². The minimum Gasteiger partial charge on any atom is -0.342 e. The standard InChI is InChI=1S/C24H27BrClN5O2S/c1-5-31-22(21(14(2)3)28-23(33)17-8-6-7-9-19(17)26)29-30-24(31)34-13-20(32)27-16-10-11-18(25)15(4)12-16/h6-12,14,21H,5,13H2,1-4H3,(H,27,32)(H,28,33)/t21-/m0/s1. The number of anilines is 1. The highest BCUT2D eigenvalue weighted by Gasteiger charge is 2.26. The van der Waals surface area contributed by atoms with E-state index in [0.29, 0.717) is 28.1 Å². The number of nitrogens with one attached hydrogen (secondary N) is 2. The third-order valence-electron chi connectivity index (χ3n) is 5.19. The number of nitrogens with zero attached hydrogens (tertiary/aromatic N) is 3. The summed E-state index contributed by atoms with van der Waals surface area (Å²) in [5.41, 5.74) is 2.19. The molecule has 0 aliphatic heterocycles. The van der Waals surface area contributed by atoms with E-state index in [4.69, 9.17) is 11.6 Å². The maximum Gasteiger partial charge on any atom is 0.253 e. The number of thioether (sulfide) groups is 1. The molecule has 0 fully saturated rings. The molecule has 1 aromatic heterocycles. The number of aromatic nitrogens is 3. The first-order valence-electron chi connectivity index (χ1n) is 10.9. The molecule has 0 aliphatic carbocycles. The monoisotopic (exact) mass is 563 g/mol. The Kier molecular flexibility index (Phi) is 9.16. The lowest BCUT2D eigenvalue weighted by Gasteiger charge is -2.22. The van der Waals surface area contributed by atoms with E-state index >= 15 is 0 Å². The summed E-state index contributed by atoms with van der Waals surface area (Å²) in [6, 6.07) is 12.2. The Morgan fingerprint density at radius 3 is 2.56 bits per heavy atom. The zero-order valence-corrected chi connectivity index (χ0v) is 22.6. The quantitative estimate of drug-likeness (QED) is 0.317. The first-order valence-corrected chi connectivity index (χ1v) is 13.0. The molecule has 10 heteroatoms. The number of hydrogen-bond acceptors (Lipinski definition) is 5. The molecule has 0 saturated carbocycles. The van der Waals surface area contributed by atoms with Gasteiger partial charge in [0, 0.05) is 16.7 Å². The van der Waals surface area contributed by atoms with Gasteiger partial charge in [-0.1, -0.05) is 65.3 Å². The van der Waals surface area contributed by atoms with Gasteiger partial charge in [-0.05, 0) is 55.7 Å². The number of amides is 2. The Labute approximate surface area is 217 Å². The number of carbonyl (C=O) groups is 2. The molecule has 0 saturated heterocycles. The number of rotatable bonds is 9. The SMILES string of the molecule is CCn1c(SCC(=O)Nc2ccc(Br)c(C)c2)nnc1[C@@H](NC(=O)c1ccccc1Cl)C(C)C. The lowest BCUT2D eigenvalue weighted by Crippen LogP contribution is -2.34. The van der Waals surface area contributed by atoms with Gasteiger partial charge < -0.3 is 15.2 Å². The molecule has 0 unspecified atom stereocenters. The second-order valence-electron chi connectivity index (χ2n) is 8.06. The van der Waals surface area contributed by atoms with Crippen molar-refractivity contribution >= 4 is 56.8 Å². The highest BCUT2D eigenvalue weighted by atomic mass is 79.9. The van der Waals surface area contributed by atoms with Crippen molar-refractivity contribution in [3.05, 3.63) is 68.9 Å². The fourth-order valence-electron chi connectivity index (χ4n) is 3.38. The molecule has 2 aromatic carbocycles. The third kappa shape index (κ3) is 6.40. The fraction of sp³-hybridized carbons (Fsp3) is 0.333.